The number of fused-ring (bicyclic) bond motifs is 1. The van der Waals surface area contributed by atoms with Crippen molar-refractivity contribution in [2.75, 3.05) is 7.11 Å². The van der Waals surface area contributed by atoms with Crippen LogP contribution in [0.1, 0.15) is 0 Å². The summed E-state index contributed by atoms with van der Waals surface area (Å²) in [5.74, 6) is 0.868. The van der Waals surface area contributed by atoms with Crippen LogP contribution in [-0.4, -0.2) is 7.11 Å². The van der Waals surface area contributed by atoms with Gasteiger partial charge in [0, 0.05) is 27.8 Å². The summed E-state index contributed by atoms with van der Waals surface area (Å²) in [6.45, 7) is 4.13. The molecule has 1 aliphatic rings. The lowest BCUT2D eigenvalue weighted by molar-refractivity contribution is 0.414. The van der Waals surface area contributed by atoms with Crippen molar-refractivity contribution in [2.24, 2.45) is 0 Å². The molecule has 0 saturated carbocycles. The first-order valence-electron chi connectivity index (χ1n) is 5.96. The van der Waals surface area contributed by atoms with E-state index in [4.69, 9.17) is 4.74 Å². The molecule has 0 aliphatic carbocycles. The molecule has 19 heavy (non-hydrogen) atoms. The van der Waals surface area contributed by atoms with Gasteiger partial charge in [-0.05, 0) is 53.4 Å². The van der Waals surface area contributed by atoms with E-state index < -0.39 is 0 Å². The number of ether oxygens (including phenoxy) is 1. The molecule has 0 radical (unpaired) electrons. The summed E-state index contributed by atoms with van der Waals surface area (Å²) in [4.78, 5) is 0. The molecule has 0 bridgehead atoms. The van der Waals surface area contributed by atoms with Crippen LogP contribution in [-0.2, 0) is 0 Å². The Labute approximate surface area is 125 Å². The Balaban J connectivity index is 2.26. The standard InChI is InChI=1S/C16H13INO/c1-11-9-12-10-15(19-2)7-8-16(12)18(11)14-5-3-13(17)4-6-14/h3-10H,1H2,2H3/q+1. The van der Waals surface area contributed by atoms with Gasteiger partial charge in [-0.1, -0.05) is 0 Å². The van der Waals surface area contributed by atoms with E-state index in [1.54, 1.807) is 7.11 Å². The second kappa shape index (κ2) is 4.81. The molecule has 1 heterocycles. The summed E-state index contributed by atoms with van der Waals surface area (Å²) in [6, 6.07) is 14.5. The third kappa shape index (κ3) is 2.18. The van der Waals surface area contributed by atoms with E-state index in [0.29, 0.717) is 0 Å². The molecule has 0 unspecified atom stereocenters. The van der Waals surface area contributed by atoms with Crippen molar-refractivity contribution in [3.05, 3.63) is 68.9 Å². The fourth-order valence-electron chi connectivity index (χ4n) is 2.27. The Morgan fingerprint density at radius 3 is 2.53 bits per heavy atom. The minimum atomic E-state index is 0.868. The topological polar surface area (TPSA) is 12.2 Å². The average molecular weight is 362 g/mol. The molecule has 2 aromatic carbocycles. The number of methoxy groups -OCH3 is 1. The lowest BCUT2D eigenvalue weighted by atomic mass is 10.2. The molecule has 94 valence electrons. The Hall–Kier alpha value is -1.62. The maximum atomic E-state index is 5.26. The van der Waals surface area contributed by atoms with Crippen molar-refractivity contribution in [1.29, 1.82) is 0 Å². The summed E-state index contributed by atoms with van der Waals surface area (Å²) in [6.07, 6.45) is 2.08. The van der Waals surface area contributed by atoms with E-state index in [9.17, 15) is 0 Å². The van der Waals surface area contributed by atoms with Crippen LogP contribution < -0.4 is 19.9 Å². The molecule has 3 heteroatoms. The van der Waals surface area contributed by atoms with Gasteiger partial charge < -0.3 is 4.74 Å². The lowest BCUT2D eigenvalue weighted by Crippen LogP contribution is -2.30. The van der Waals surface area contributed by atoms with E-state index in [0.717, 1.165) is 27.7 Å². The van der Waals surface area contributed by atoms with Gasteiger partial charge in [0.25, 0.3) is 0 Å². The van der Waals surface area contributed by atoms with Crippen LogP contribution in [0.4, 0.5) is 5.69 Å². The van der Waals surface area contributed by atoms with Crippen molar-refractivity contribution in [2.45, 2.75) is 0 Å². The molecule has 1 aliphatic heterocycles. The van der Waals surface area contributed by atoms with Crippen LogP contribution in [0, 0.1) is 3.57 Å². The van der Waals surface area contributed by atoms with Gasteiger partial charge in [0.15, 0.2) is 0 Å². The Morgan fingerprint density at radius 1 is 1.11 bits per heavy atom. The van der Waals surface area contributed by atoms with Crippen LogP contribution in [0.2, 0.25) is 0 Å². The molecule has 3 rings (SSSR count). The van der Waals surface area contributed by atoms with E-state index in [-0.39, 0.29) is 0 Å². The number of hydrogen-bond acceptors (Lipinski definition) is 1. The third-order valence-electron chi connectivity index (χ3n) is 3.17. The zero-order valence-electron chi connectivity index (χ0n) is 10.6. The number of halogens is 1. The fourth-order valence-corrected chi connectivity index (χ4v) is 2.63. The van der Waals surface area contributed by atoms with Gasteiger partial charge in [-0.25, -0.2) is 0 Å². The van der Waals surface area contributed by atoms with Crippen LogP contribution in [0.15, 0.2) is 54.7 Å². The molecule has 2 aromatic rings. The Morgan fingerprint density at radius 2 is 1.84 bits per heavy atom. The minimum Gasteiger partial charge on any atom is -0.497 e. The molecular weight excluding hydrogens is 349 g/mol. The molecule has 0 atom stereocenters. The largest absolute Gasteiger partial charge is 0.497 e. The highest BCUT2D eigenvalue weighted by molar-refractivity contribution is 14.1. The van der Waals surface area contributed by atoms with Crippen LogP contribution >= 0.6 is 22.6 Å². The summed E-state index contributed by atoms with van der Waals surface area (Å²) in [5.41, 5.74) is 2.11. The number of hydrogen-bond donors (Lipinski definition) is 0. The first-order valence-corrected chi connectivity index (χ1v) is 7.04. The Bertz CT molecular complexity index is 775. The molecule has 0 N–H and O–H groups in total. The van der Waals surface area contributed by atoms with Crippen molar-refractivity contribution in [3.63, 3.8) is 0 Å². The highest BCUT2D eigenvalue weighted by Crippen LogP contribution is 2.17. The van der Waals surface area contributed by atoms with Gasteiger partial charge in [-0.3, -0.25) is 0 Å². The van der Waals surface area contributed by atoms with Gasteiger partial charge >= 0.3 is 0 Å². The van der Waals surface area contributed by atoms with Gasteiger partial charge in [-0.15, -0.1) is 0 Å². The number of benzene rings is 2. The van der Waals surface area contributed by atoms with Crippen molar-refractivity contribution in [1.82, 2.24) is 4.58 Å². The number of allylic oxidation sites excluding steroid dienone is 1. The second-order valence-electron chi connectivity index (χ2n) is 4.37. The fraction of sp³-hybridized carbons (Fsp3) is 0.0625. The van der Waals surface area contributed by atoms with E-state index in [2.05, 4.69) is 70.2 Å². The molecule has 0 saturated heterocycles. The second-order valence-corrected chi connectivity index (χ2v) is 5.62. The maximum Gasteiger partial charge on any atom is 0.219 e. The zero-order valence-corrected chi connectivity index (χ0v) is 12.7. The van der Waals surface area contributed by atoms with Crippen LogP contribution in [0.3, 0.4) is 0 Å². The number of nitrogens with zero attached hydrogens (tertiary/aromatic N) is 1. The van der Waals surface area contributed by atoms with Crippen molar-refractivity contribution < 1.29 is 4.74 Å². The molecule has 0 amide bonds. The minimum absolute atomic E-state index is 0.868. The van der Waals surface area contributed by atoms with Gasteiger partial charge in [0.2, 0.25) is 16.7 Å². The molecular formula is C16H13INO+. The molecule has 0 fully saturated rings. The van der Waals surface area contributed by atoms with Crippen molar-refractivity contribution in [3.8, 4) is 5.75 Å². The summed E-state index contributed by atoms with van der Waals surface area (Å²) < 4.78 is 8.65. The first kappa shape index (κ1) is 12.4. The first-order chi connectivity index (χ1) is 9.19. The van der Waals surface area contributed by atoms with E-state index >= 15 is 0 Å². The quantitative estimate of drug-likeness (QED) is 0.591. The summed E-state index contributed by atoms with van der Waals surface area (Å²) in [7, 11) is 1.68. The van der Waals surface area contributed by atoms with E-state index in [1.807, 2.05) is 12.1 Å². The Kier molecular flexibility index (Phi) is 3.14. The van der Waals surface area contributed by atoms with Crippen molar-refractivity contribution >= 4 is 34.4 Å². The summed E-state index contributed by atoms with van der Waals surface area (Å²) >= 11 is 2.31. The molecule has 2 nitrogen and oxygen atoms in total. The zero-order chi connectivity index (χ0) is 13.4. The van der Waals surface area contributed by atoms with Gasteiger partial charge in [0.05, 0.1) is 12.3 Å². The highest BCUT2D eigenvalue weighted by Gasteiger charge is 2.20. The SMILES string of the molecule is C=C1C=c2cc(OC)ccc2=[N+]1c1ccc(I)cc1. The van der Waals surface area contributed by atoms with E-state index in [1.165, 1.54) is 3.57 Å². The predicted octanol–water partition coefficient (Wildman–Crippen LogP) is 2.43. The molecule has 0 spiro atoms. The smallest absolute Gasteiger partial charge is 0.219 e. The summed E-state index contributed by atoms with van der Waals surface area (Å²) in [5, 5.41) is 2.29. The lowest BCUT2D eigenvalue weighted by Gasteiger charge is -1.99. The van der Waals surface area contributed by atoms with Gasteiger partial charge in [0.1, 0.15) is 5.75 Å². The monoisotopic (exact) mass is 362 g/mol. The predicted molar refractivity (Wildman–Crippen MR) is 85.9 cm³/mol. The van der Waals surface area contributed by atoms with Gasteiger partial charge in [-0.2, -0.15) is 4.58 Å². The highest BCUT2D eigenvalue weighted by atomic mass is 127. The molecule has 0 aromatic heterocycles. The maximum absolute atomic E-state index is 5.26. The normalized spacial score (nSPS) is 13.2. The van der Waals surface area contributed by atoms with Crippen LogP contribution in [0.5, 0.6) is 5.75 Å². The van der Waals surface area contributed by atoms with Crippen LogP contribution in [0.25, 0.3) is 6.08 Å². The third-order valence-corrected chi connectivity index (χ3v) is 3.89. The average Bonchev–Trinajstić information content (AvgIpc) is 2.74. The number of rotatable bonds is 2.